The van der Waals surface area contributed by atoms with Crippen molar-refractivity contribution < 1.29 is 0 Å². The molecule has 0 amide bonds. The van der Waals surface area contributed by atoms with Crippen LogP contribution in [-0.2, 0) is 7.05 Å². The number of H-pyrrole nitrogens is 1. The zero-order valence-corrected chi connectivity index (χ0v) is 13.1. The number of hydrogen-bond acceptors (Lipinski definition) is 3. The summed E-state index contributed by atoms with van der Waals surface area (Å²) in [7, 11) is 1.77. The molecule has 1 N–H and O–H groups in total. The van der Waals surface area contributed by atoms with Crippen LogP contribution >= 0.6 is 0 Å². The van der Waals surface area contributed by atoms with E-state index < -0.39 is 0 Å². The molecule has 0 fully saturated rings. The molecule has 0 spiro atoms. The van der Waals surface area contributed by atoms with Gasteiger partial charge in [0.1, 0.15) is 0 Å². The molecule has 0 saturated carbocycles. The normalized spacial score (nSPS) is 13.5. The summed E-state index contributed by atoms with van der Waals surface area (Å²) in [5, 5.41) is 2.70. The Labute approximate surface area is 136 Å². The number of aryl methyl sites for hydroxylation is 1. The molecular formula is C19H15N3O2. The van der Waals surface area contributed by atoms with Gasteiger partial charge in [-0.25, -0.2) is 0 Å². The molecule has 3 heterocycles. The monoisotopic (exact) mass is 317 g/mol. The molecule has 0 unspecified atom stereocenters. The quantitative estimate of drug-likeness (QED) is 0.717. The van der Waals surface area contributed by atoms with Crippen LogP contribution in [0.2, 0.25) is 0 Å². The first-order valence-corrected chi connectivity index (χ1v) is 7.69. The van der Waals surface area contributed by atoms with Crippen molar-refractivity contribution in [1.82, 2.24) is 14.5 Å². The smallest absolute Gasteiger partial charge is 0.250 e. The Morgan fingerprint density at radius 1 is 1.12 bits per heavy atom. The van der Waals surface area contributed by atoms with Crippen LogP contribution in [0.3, 0.4) is 0 Å². The van der Waals surface area contributed by atoms with E-state index in [0.717, 1.165) is 39.0 Å². The van der Waals surface area contributed by atoms with Crippen LogP contribution in [0.4, 0.5) is 0 Å². The molecule has 1 aliphatic carbocycles. The van der Waals surface area contributed by atoms with E-state index in [1.165, 1.54) is 6.07 Å². The van der Waals surface area contributed by atoms with Crippen LogP contribution < -0.4 is 21.7 Å². The van der Waals surface area contributed by atoms with E-state index >= 15 is 0 Å². The van der Waals surface area contributed by atoms with Crippen LogP contribution in [0.1, 0.15) is 12.0 Å². The lowest BCUT2D eigenvalue weighted by Gasteiger charge is -2.06. The van der Waals surface area contributed by atoms with Gasteiger partial charge in [0.15, 0.2) is 0 Å². The van der Waals surface area contributed by atoms with Crippen molar-refractivity contribution in [2.45, 2.75) is 6.42 Å². The number of pyridine rings is 3. The summed E-state index contributed by atoms with van der Waals surface area (Å²) in [5.74, 6) is 0. The molecule has 3 aromatic heterocycles. The summed E-state index contributed by atoms with van der Waals surface area (Å²) in [6, 6.07) is 6.66. The molecule has 118 valence electrons. The highest BCUT2D eigenvalue weighted by molar-refractivity contribution is 5.92. The lowest BCUT2D eigenvalue weighted by atomic mass is 10.1. The minimum absolute atomic E-state index is 0.0527. The van der Waals surface area contributed by atoms with Gasteiger partial charge in [0.05, 0.1) is 10.9 Å². The van der Waals surface area contributed by atoms with Gasteiger partial charge in [-0.05, 0) is 35.8 Å². The van der Waals surface area contributed by atoms with Crippen molar-refractivity contribution in [2.24, 2.45) is 7.05 Å². The first-order chi connectivity index (χ1) is 11.6. The SMILES string of the molecule is Cn1c(=O)ccc2cnc3c(c21)=CC(c1ccc(=O)[nH]c1)=CCC=3. The van der Waals surface area contributed by atoms with Crippen LogP contribution in [0.25, 0.3) is 28.6 Å². The maximum atomic E-state index is 12.1. The van der Waals surface area contributed by atoms with Gasteiger partial charge in [-0.15, -0.1) is 0 Å². The van der Waals surface area contributed by atoms with Crippen LogP contribution in [0, 0.1) is 0 Å². The minimum atomic E-state index is -0.130. The predicted molar refractivity (Wildman–Crippen MR) is 94.8 cm³/mol. The van der Waals surface area contributed by atoms with Crippen molar-refractivity contribution in [1.29, 1.82) is 0 Å². The van der Waals surface area contributed by atoms with E-state index in [9.17, 15) is 9.59 Å². The molecule has 0 atom stereocenters. The number of nitrogens with one attached hydrogen (secondary N) is 1. The van der Waals surface area contributed by atoms with Gasteiger partial charge in [0.25, 0.3) is 5.56 Å². The summed E-state index contributed by atoms with van der Waals surface area (Å²) < 4.78 is 1.65. The van der Waals surface area contributed by atoms with Gasteiger partial charge in [-0.1, -0.05) is 12.2 Å². The molecule has 0 radical (unpaired) electrons. The first kappa shape index (κ1) is 14.4. The largest absolute Gasteiger partial charge is 0.328 e. The van der Waals surface area contributed by atoms with E-state index in [1.54, 1.807) is 42.2 Å². The summed E-state index contributed by atoms with van der Waals surface area (Å²) in [5.41, 5.74) is 2.60. The maximum absolute atomic E-state index is 12.1. The number of rotatable bonds is 1. The molecule has 0 bridgehead atoms. The third-order valence-electron chi connectivity index (χ3n) is 4.29. The second-order valence-electron chi connectivity index (χ2n) is 5.78. The topological polar surface area (TPSA) is 67.8 Å². The van der Waals surface area contributed by atoms with Crippen molar-refractivity contribution in [3.8, 4) is 0 Å². The molecule has 0 saturated heterocycles. The molecule has 0 aromatic carbocycles. The fourth-order valence-electron chi connectivity index (χ4n) is 3.03. The van der Waals surface area contributed by atoms with E-state index in [0.29, 0.717) is 0 Å². The summed E-state index contributed by atoms with van der Waals surface area (Å²) in [6.45, 7) is 0. The molecule has 1 aliphatic rings. The lowest BCUT2D eigenvalue weighted by molar-refractivity contribution is 0.899. The van der Waals surface area contributed by atoms with E-state index in [2.05, 4.69) is 16.0 Å². The molecule has 5 heteroatoms. The fourth-order valence-corrected chi connectivity index (χ4v) is 3.03. The number of aromatic amines is 1. The highest BCUT2D eigenvalue weighted by Crippen LogP contribution is 2.16. The van der Waals surface area contributed by atoms with Gasteiger partial charge < -0.3 is 9.55 Å². The molecular weight excluding hydrogens is 302 g/mol. The van der Waals surface area contributed by atoms with E-state index in [-0.39, 0.29) is 11.1 Å². The van der Waals surface area contributed by atoms with Crippen molar-refractivity contribution in [3.05, 3.63) is 79.6 Å². The second kappa shape index (κ2) is 5.45. The van der Waals surface area contributed by atoms with Gasteiger partial charge in [-0.2, -0.15) is 0 Å². The van der Waals surface area contributed by atoms with Crippen molar-refractivity contribution in [3.63, 3.8) is 0 Å². The fraction of sp³-hybridized carbons (Fsp3) is 0.105. The average Bonchev–Trinajstić information content (AvgIpc) is 2.81. The zero-order valence-electron chi connectivity index (χ0n) is 13.1. The van der Waals surface area contributed by atoms with Crippen LogP contribution in [-0.4, -0.2) is 14.5 Å². The maximum Gasteiger partial charge on any atom is 0.250 e. The molecule has 5 nitrogen and oxygen atoms in total. The van der Waals surface area contributed by atoms with Crippen LogP contribution in [0.5, 0.6) is 0 Å². The summed E-state index contributed by atoms with van der Waals surface area (Å²) in [4.78, 5) is 30.6. The Morgan fingerprint density at radius 3 is 2.79 bits per heavy atom. The van der Waals surface area contributed by atoms with Gasteiger partial charge in [0.2, 0.25) is 5.56 Å². The number of aromatic nitrogens is 3. The zero-order chi connectivity index (χ0) is 16.7. The summed E-state index contributed by atoms with van der Waals surface area (Å²) in [6.07, 6.45) is 10.4. The van der Waals surface area contributed by atoms with Gasteiger partial charge in [0, 0.05) is 42.2 Å². The predicted octanol–water partition coefficient (Wildman–Crippen LogP) is 0.670. The average molecular weight is 317 g/mol. The lowest BCUT2D eigenvalue weighted by Crippen LogP contribution is -2.32. The number of nitrogens with zero attached hydrogens (tertiary/aromatic N) is 2. The minimum Gasteiger partial charge on any atom is -0.328 e. The Kier molecular flexibility index (Phi) is 3.27. The van der Waals surface area contributed by atoms with Crippen LogP contribution in [0.15, 0.2) is 52.3 Å². The number of fused-ring (bicyclic) bond motifs is 3. The van der Waals surface area contributed by atoms with Gasteiger partial charge >= 0.3 is 0 Å². The van der Waals surface area contributed by atoms with Gasteiger partial charge in [-0.3, -0.25) is 14.6 Å². The van der Waals surface area contributed by atoms with E-state index in [4.69, 9.17) is 0 Å². The standard InChI is InChI=1S/C19H15N3O2/c1-22-18(24)8-6-14-11-20-16-4-2-3-12(9-15(16)19(14)22)13-5-7-17(23)21-10-13/h3-11H,2H2,1H3,(H,21,23). The highest BCUT2D eigenvalue weighted by Gasteiger charge is 2.07. The Balaban J connectivity index is 2.08. The Bertz CT molecular complexity index is 1210. The third-order valence-corrected chi connectivity index (χ3v) is 4.29. The van der Waals surface area contributed by atoms with E-state index in [1.807, 2.05) is 12.2 Å². The molecule has 24 heavy (non-hydrogen) atoms. The molecule has 3 aromatic rings. The first-order valence-electron chi connectivity index (χ1n) is 7.69. The summed E-state index contributed by atoms with van der Waals surface area (Å²) >= 11 is 0. The highest BCUT2D eigenvalue weighted by atomic mass is 16.1. The second-order valence-corrected chi connectivity index (χ2v) is 5.78. The Hall–Kier alpha value is -3.21. The molecule has 4 rings (SSSR count). The number of allylic oxidation sites excluding steroid dienone is 2. The molecule has 0 aliphatic heterocycles. The van der Waals surface area contributed by atoms with Crippen molar-refractivity contribution >= 4 is 28.6 Å². The van der Waals surface area contributed by atoms with Crippen molar-refractivity contribution in [2.75, 3.05) is 0 Å². The number of hydrogen-bond donors (Lipinski definition) is 1. The third kappa shape index (κ3) is 2.31. The Morgan fingerprint density at radius 2 is 2.00 bits per heavy atom.